The first-order chi connectivity index (χ1) is 27.7. The first kappa shape index (κ1) is 34.3. The van der Waals surface area contributed by atoms with E-state index in [4.69, 9.17) is 0 Å². The van der Waals surface area contributed by atoms with Gasteiger partial charge in [-0.25, -0.2) is 0 Å². The fourth-order valence-electron chi connectivity index (χ4n) is 6.93. The van der Waals surface area contributed by atoms with Gasteiger partial charge in [0, 0.05) is 33.9 Å². The van der Waals surface area contributed by atoms with Crippen molar-refractivity contribution >= 4 is 114 Å². The zero-order valence-electron chi connectivity index (χ0n) is 29.8. The van der Waals surface area contributed by atoms with Crippen molar-refractivity contribution in [2.24, 2.45) is 0 Å². The molecule has 0 saturated carbocycles. The van der Waals surface area contributed by atoms with Crippen molar-refractivity contribution in [2.75, 3.05) is 19.6 Å². The molecular weight excluding hydrogens is 765 g/mol. The van der Waals surface area contributed by atoms with Crippen LogP contribution in [0, 0.1) is 0 Å². The molecule has 0 unspecified atom stereocenters. The van der Waals surface area contributed by atoms with Crippen molar-refractivity contribution in [3.8, 4) is 0 Å². The van der Waals surface area contributed by atoms with E-state index >= 15 is 0 Å². The second kappa shape index (κ2) is 14.8. The van der Waals surface area contributed by atoms with Crippen LogP contribution in [0.1, 0.15) is 15.9 Å². The Morgan fingerprint density at radius 3 is 0.786 bits per heavy atom. The Hall–Kier alpha value is -6.23. The molecule has 1 aliphatic heterocycles. The number of carbonyl (C=O) groups excluding carboxylic acids is 1. The molecule has 9 aromatic rings. The van der Waals surface area contributed by atoms with Crippen LogP contribution >= 0.6 is 45.3 Å². The zero-order valence-corrected chi connectivity index (χ0v) is 33.1. The smallest absolute Gasteiger partial charge is 0.193 e. The molecular formula is C47H32N4OS4. The van der Waals surface area contributed by atoms with Crippen LogP contribution in [-0.4, -0.2) is 5.78 Å². The van der Waals surface area contributed by atoms with Crippen molar-refractivity contribution in [1.29, 1.82) is 0 Å². The number of fused-ring (bicyclic) bond motifs is 8. The van der Waals surface area contributed by atoms with E-state index in [9.17, 15) is 4.79 Å². The second-order valence-electron chi connectivity index (χ2n) is 13.0. The van der Waals surface area contributed by atoms with E-state index in [1.54, 1.807) is 45.3 Å². The van der Waals surface area contributed by atoms with Crippen molar-refractivity contribution in [3.05, 3.63) is 205 Å². The van der Waals surface area contributed by atoms with Gasteiger partial charge in [0.25, 0.3) is 0 Å². The highest BCUT2D eigenvalue weighted by Crippen LogP contribution is 2.54. The van der Waals surface area contributed by atoms with Gasteiger partial charge in [-0.05, 0) is 109 Å². The Labute approximate surface area is 341 Å². The molecule has 0 aliphatic carbocycles. The van der Waals surface area contributed by atoms with Gasteiger partial charge in [-0.2, -0.15) is 0 Å². The summed E-state index contributed by atoms with van der Waals surface area (Å²) in [6.07, 6.45) is 0. The first-order valence-corrected chi connectivity index (χ1v) is 21.4. The van der Waals surface area contributed by atoms with Gasteiger partial charge < -0.3 is 0 Å². The van der Waals surface area contributed by atoms with Gasteiger partial charge in [-0.3, -0.25) is 24.4 Å². The maximum Gasteiger partial charge on any atom is 0.193 e. The van der Waals surface area contributed by atoms with Gasteiger partial charge in [-0.1, -0.05) is 130 Å². The van der Waals surface area contributed by atoms with E-state index in [1.165, 1.54) is 0 Å². The lowest BCUT2D eigenvalue weighted by Crippen LogP contribution is -2.09. The predicted octanol–water partition coefficient (Wildman–Crippen LogP) is 15.4. The highest BCUT2D eigenvalue weighted by molar-refractivity contribution is 7.25. The fourth-order valence-corrected chi connectivity index (χ4v) is 11.5. The average molecular weight is 797 g/mol. The van der Waals surface area contributed by atoms with Crippen LogP contribution in [0.15, 0.2) is 194 Å². The van der Waals surface area contributed by atoms with Gasteiger partial charge in [0.15, 0.2) is 5.78 Å². The van der Waals surface area contributed by atoms with Gasteiger partial charge in [0.2, 0.25) is 0 Å². The lowest BCUT2D eigenvalue weighted by Gasteiger charge is -2.25. The molecule has 0 saturated heterocycles. The first-order valence-electron chi connectivity index (χ1n) is 18.1. The minimum Gasteiger partial charge on any atom is -0.293 e. The van der Waals surface area contributed by atoms with Crippen molar-refractivity contribution in [2.45, 2.75) is 0 Å². The number of anilines is 12. The molecule has 56 heavy (non-hydrogen) atoms. The summed E-state index contributed by atoms with van der Waals surface area (Å²) >= 11 is 7.02. The summed E-state index contributed by atoms with van der Waals surface area (Å²) in [6, 6.07) is 67.1. The summed E-state index contributed by atoms with van der Waals surface area (Å²) in [5.41, 5.74) is 5.60. The number of benzene rings is 5. The van der Waals surface area contributed by atoms with Crippen LogP contribution in [-0.2, 0) is 0 Å². The Bertz CT molecular complexity index is 2620. The Morgan fingerprint density at radius 2 is 0.500 bits per heavy atom. The summed E-state index contributed by atoms with van der Waals surface area (Å²) in [5, 5.41) is 8.81. The molecule has 4 aromatic heterocycles. The summed E-state index contributed by atoms with van der Waals surface area (Å²) in [6.45, 7) is 0. The van der Waals surface area contributed by atoms with Crippen molar-refractivity contribution in [1.82, 2.24) is 0 Å². The molecule has 10 rings (SSSR count). The summed E-state index contributed by atoms with van der Waals surface area (Å²) < 4.78 is 0. The topological polar surface area (TPSA) is 30.0 Å². The molecule has 0 N–H and O–H groups in total. The molecule has 5 heterocycles. The molecule has 0 spiro atoms. The van der Waals surface area contributed by atoms with E-state index in [0.29, 0.717) is 11.1 Å². The average Bonchev–Trinajstić information content (AvgIpc) is 4.11. The van der Waals surface area contributed by atoms with Crippen LogP contribution in [0.3, 0.4) is 0 Å². The fraction of sp³-hybridized carbons (Fsp3) is 0. The normalized spacial score (nSPS) is 12.6. The molecule has 5 aromatic carbocycles. The van der Waals surface area contributed by atoms with Gasteiger partial charge >= 0.3 is 0 Å². The number of thiophene rings is 4. The number of carbonyl (C=O) groups is 1. The largest absolute Gasteiger partial charge is 0.293 e. The lowest BCUT2D eigenvalue weighted by atomic mass is 10.0. The Balaban J connectivity index is 1.17. The quantitative estimate of drug-likeness (QED) is 0.156. The number of hydrogen-bond acceptors (Lipinski definition) is 9. The van der Waals surface area contributed by atoms with E-state index < -0.39 is 0 Å². The third-order valence-electron chi connectivity index (χ3n) is 9.54. The van der Waals surface area contributed by atoms with Gasteiger partial charge in [-0.15, -0.1) is 0 Å². The third kappa shape index (κ3) is 6.40. The van der Waals surface area contributed by atoms with Crippen LogP contribution in [0.25, 0.3) is 0 Å². The standard InChI is InChI=1S/C47H32N4OS4/c52-47(33-13-5-1-6-14-33)34-21-23-38(24-22-34)51-45-31-29-43(55-45)49(36-17-9-3-10-18-36)41-27-25-39(53-41)48(35-15-7-2-8-16-35)40-26-28-42(54-40)50(37-19-11-4-12-20-37)44-30-32-46(51)56-44/h1-32H. The van der Waals surface area contributed by atoms with Crippen LogP contribution < -0.4 is 19.6 Å². The van der Waals surface area contributed by atoms with E-state index in [0.717, 1.165) is 62.8 Å². The van der Waals surface area contributed by atoms with E-state index in [-0.39, 0.29) is 5.78 Å². The monoisotopic (exact) mass is 796 g/mol. The van der Waals surface area contributed by atoms with E-state index in [1.807, 2.05) is 42.5 Å². The van der Waals surface area contributed by atoms with Gasteiger partial charge in [0.1, 0.15) is 40.0 Å². The minimum absolute atomic E-state index is 0.00966. The molecule has 9 heteroatoms. The maximum atomic E-state index is 13.4. The number of nitrogens with zero attached hydrogens (tertiary/aromatic N) is 4. The highest BCUT2D eigenvalue weighted by Gasteiger charge is 2.26. The molecule has 270 valence electrons. The van der Waals surface area contributed by atoms with Crippen LogP contribution in [0.4, 0.5) is 62.8 Å². The summed E-state index contributed by atoms with van der Waals surface area (Å²) in [4.78, 5) is 22.8. The van der Waals surface area contributed by atoms with Crippen molar-refractivity contribution in [3.63, 3.8) is 0 Å². The third-order valence-corrected chi connectivity index (χ3v) is 13.8. The van der Waals surface area contributed by atoms with Crippen molar-refractivity contribution < 1.29 is 4.79 Å². The molecule has 5 nitrogen and oxygen atoms in total. The number of ketones is 1. The molecule has 8 bridgehead atoms. The summed E-state index contributed by atoms with van der Waals surface area (Å²) in [5.74, 6) is 0.00966. The summed E-state index contributed by atoms with van der Waals surface area (Å²) in [7, 11) is 0. The zero-order chi connectivity index (χ0) is 37.4. The minimum atomic E-state index is 0.00966. The molecule has 0 radical (unpaired) electrons. The van der Waals surface area contributed by atoms with Crippen LogP contribution in [0.2, 0.25) is 0 Å². The Morgan fingerprint density at radius 1 is 0.268 bits per heavy atom. The SMILES string of the molecule is O=C(c1ccccc1)c1ccc(N2c3ccc(s3)N(c3ccccc3)c3ccc(s3)N(c3ccccc3)c3ccc(s3)N(c3ccccc3)c3ccc2s3)cc1. The number of hydrogen-bond donors (Lipinski definition) is 0. The molecule has 0 atom stereocenters. The van der Waals surface area contributed by atoms with Gasteiger partial charge in [0.05, 0.1) is 0 Å². The number of rotatable bonds is 6. The lowest BCUT2D eigenvalue weighted by molar-refractivity contribution is 0.103. The van der Waals surface area contributed by atoms with Crippen LogP contribution in [0.5, 0.6) is 0 Å². The highest BCUT2D eigenvalue weighted by atomic mass is 32.1. The predicted molar refractivity (Wildman–Crippen MR) is 240 cm³/mol. The molecule has 0 amide bonds. The number of para-hydroxylation sites is 3. The molecule has 0 fully saturated rings. The Kier molecular flexibility index (Phi) is 9.05. The second-order valence-corrected chi connectivity index (χ2v) is 17.2. The maximum absolute atomic E-state index is 13.4. The molecule has 1 aliphatic rings. The van der Waals surface area contributed by atoms with E-state index in [2.05, 4.69) is 171 Å².